The van der Waals surface area contributed by atoms with Crippen molar-refractivity contribution in [1.82, 2.24) is 0 Å². The molecule has 0 aliphatic rings. The van der Waals surface area contributed by atoms with Crippen LogP contribution in [0.5, 0.6) is 0 Å². The number of methoxy groups -OCH3 is 1. The van der Waals surface area contributed by atoms with Gasteiger partial charge in [-0.05, 0) is 18.6 Å². The average molecular weight is 302 g/mol. The molecule has 7 heteroatoms. The second-order valence-electron chi connectivity index (χ2n) is 4.01. The highest BCUT2D eigenvalue weighted by molar-refractivity contribution is 7.92. The number of benzene rings is 1. The highest BCUT2D eigenvalue weighted by Crippen LogP contribution is 2.22. The van der Waals surface area contributed by atoms with Gasteiger partial charge in [0, 0.05) is 26.3 Å². The largest absolute Gasteiger partial charge is 0.389 e. The molecule has 0 radical (unpaired) electrons. The lowest BCUT2D eigenvalue weighted by Gasteiger charge is -2.21. The number of sulfonamides is 1. The topological polar surface area (TPSA) is 72.6 Å². The van der Waals surface area contributed by atoms with Gasteiger partial charge in [-0.15, -0.1) is 0 Å². The summed E-state index contributed by atoms with van der Waals surface area (Å²) in [5.74, 6) is 0.0169. The fourth-order valence-corrected chi connectivity index (χ4v) is 3.02. The molecule has 0 spiro atoms. The third kappa shape index (κ3) is 4.15. The fraction of sp³-hybridized carbons (Fsp3) is 0.417. The van der Waals surface area contributed by atoms with Crippen LogP contribution in [0.15, 0.2) is 24.3 Å². The minimum Gasteiger partial charge on any atom is -0.389 e. The van der Waals surface area contributed by atoms with Gasteiger partial charge in [-0.1, -0.05) is 24.4 Å². The van der Waals surface area contributed by atoms with Gasteiger partial charge in [-0.2, -0.15) is 0 Å². The van der Waals surface area contributed by atoms with Crippen LogP contribution >= 0.6 is 12.2 Å². The maximum absolute atomic E-state index is 12.2. The molecule has 1 aromatic rings. The van der Waals surface area contributed by atoms with Gasteiger partial charge in [-0.25, -0.2) is 8.42 Å². The van der Waals surface area contributed by atoms with Gasteiger partial charge < -0.3 is 10.5 Å². The van der Waals surface area contributed by atoms with Crippen molar-refractivity contribution in [1.29, 1.82) is 0 Å². The summed E-state index contributed by atoms with van der Waals surface area (Å²) in [6.07, 6.45) is 0.443. The molecular weight excluding hydrogens is 284 g/mol. The Morgan fingerprint density at radius 3 is 2.63 bits per heavy atom. The lowest BCUT2D eigenvalue weighted by Crippen LogP contribution is -2.31. The first-order chi connectivity index (χ1) is 8.90. The van der Waals surface area contributed by atoms with Gasteiger partial charge in [-0.3, -0.25) is 4.31 Å². The van der Waals surface area contributed by atoms with Crippen LogP contribution < -0.4 is 10.0 Å². The predicted octanol–water partition coefficient (Wildman–Crippen LogP) is 1.12. The quantitative estimate of drug-likeness (QED) is 0.604. The lowest BCUT2D eigenvalue weighted by molar-refractivity contribution is 0.199. The number of para-hydroxylation sites is 1. The van der Waals surface area contributed by atoms with E-state index in [1.54, 1.807) is 31.4 Å². The minimum atomic E-state index is -3.40. The molecule has 0 saturated heterocycles. The number of hydrogen-bond donors (Lipinski definition) is 1. The SMILES string of the molecule is COCCCS(=O)(=O)N(C)c1ccccc1C(N)=S. The maximum atomic E-state index is 12.2. The number of rotatable bonds is 7. The molecule has 106 valence electrons. The van der Waals surface area contributed by atoms with E-state index in [0.717, 1.165) is 0 Å². The molecule has 0 bridgehead atoms. The van der Waals surface area contributed by atoms with Gasteiger partial charge in [0.05, 0.1) is 11.4 Å². The van der Waals surface area contributed by atoms with Crippen molar-refractivity contribution >= 4 is 32.9 Å². The molecule has 0 atom stereocenters. The van der Waals surface area contributed by atoms with Crippen LogP contribution in [0.4, 0.5) is 5.69 Å². The lowest BCUT2D eigenvalue weighted by atomic mass is 10.2. The first-order valence-corrected chi connectivity index (χ1v) is 7.76. The number of ether oxygens (including phenoxy) is 1. The van der Waals surface area contributed by atoms with E-state index in [1.165, 1.54) is 11.4 Å². The third-order valence-corrected chi connectivity index (χ3v) is 4.73. The second kappa shape index (κ2) is 6.83. The molecule has 0 saturated carbocycles. The van der Waals surface area contributed by atoms with Crippen LogP contribution in [-0.4, -0.2) is 39.9 Å². The van der Waals surface area contributed by atoms with Gasteiger partial charge in [0.2, 0.25) is 10.0 Å². The van der Waals surface area contributed by atoms with Crippen molar-refractivity contribution in [2.24, 2.45) is 5.73 Å². The predicted molar refractivity (Wildman–Crippen MR) is 81.0 cm³/mol. The number of nitrogens with two attached hydrogens (primary N) is 1. The Labute approximate surface area is 119 Å². The van der Waals surface area contributed by atoms with Gasteiger partial charge in [0.25, 0.3) is 0 Å². The Kier molecular flexibility index (Phi) is 5.71. The van der Waals surface area contributed by atoms with Crippen molar-refractivity contribution in [3.63, 3.8) is 0 Å². The molecule has 0 unspecified atom stereocenters. The highest BCUT2D eigenvalue weighted by Gasteiger charge is 2.20. The molecule has 19 heavy (non-hydrogen) atoms. The van der Waals surface area contributed by atoms with E-state index in [2.05, 4.69) is 0 Å². The summed E-state index contributed by atoms with van der Waals surface area (Å²) < 4.78 is 30.4. The minimum absolute atomic E-state index is 0.0169. The van der Waals surface area contributed by atoms with Crippen molar-refractivity contribution in [3.8, 4) is 0 Å². The first-order valence-electron chi connectivity index (χ1n) is 5.74. The molecule has 0 heterocycles. The Balaban J connectivity index is 2.99. The highest BCUT2D eigenvalue weighted by atomic mass is 32.2. The monoisotopic (exact) mass is 302 g/mol. The molecule has 2 N–H and O–H groups in total. The van der Waals surface area contributed by atoms with Crippen LogP contribution in [-0.2, 0) is 14.8 Å². The standard InChI is InChI=1S/C12H18N2O3S2/c1-14(19(15,16)9-5-8-17-2)11-7-4-3-6-10(11)12(13)18/h3-4,6-7H,5,8-9H2,1-2H3,(H2,13,18). The average Bonchev–Trinajstić information content (AvgIpc) is 2.38. The van der Waals surface area contributed by atoms with Gasteiger partial charge in [0.1, 0.15) is 4.99 Å². The molecule has 1 rings (SSSR count). The van der Waals surface area contributed by atoms with E-state index in [0.29, 0.717) is 24.3 Å². The number of hydrogen-bond acceptors (Lipinski definition) is 4. The van der Waals surface area contributed by atoms with E-state index in [1.807, 2.05) is 0 Å². The summed E-state index contributed by atoms with van der Waals surface area (Å²) in [6, 6.07) is 6.91. The fourth-order valence-electron chi connectivity index (χ4n) is 1.63. The Bertz CT molecular complexity index is 544. The zero-order valence-electron chi connectivity index (χ0n) is 11.0. The smallest absolute Gasteiger partial charge is 0.235 e. The van der Waals surface area contributed by atoms with E-state index < -0.39 is 10.0 Å². The van der Waals surface area contributed by atoms with Gasteiger partial charge in [0.15, 0.2) is 0 Å². The Hall–Kier alpha value is -1.18. The molecular formula is C12H18N2O3S2. The Morgan fingerprint density at radius 1 is 1.42 bits per heavy atom. The van der Waals surface area contributed by atoms with Crippen molar-refractivity contribution in [3.05, 3.63) is 29.8 Å². The zero-order valence-corrected chi connectivity index (χ0v) is 12.6. The van der Waals surface area contributed by atoms with Crippen LogP contribution in [0.1, 0.15) is 12.0 Å². The normalized spacial score (nSPS) is 11.3. The van der Waals surface area contributed by atoms with Crippen molar-refractivity contribution < 1.29 is 13.2 Å². The molecule has 5 nitrogen and oxygen atoms in total. The molecule has 0 amide bonds. The van der Waals surface area contributed by atoms with E-state index in [9.17, 15) is 8.42 Å². The van der Waals surface area contributed by atoms with Crippen LogP contribution in [0.3, 0.4) is 0 Å². The number of thiocarbonyl (C=S) groups is 1. The van der Waals surface area contributed by atoms with Crippen LogP contribution in [0, 0.1) is 0 Å². The number of nitrogens with zero attached hydrogens (tertiary/aromatic N) is 1. The number of anilines is 1. The summed E-state index contributed by atoms with van der Waals surface area (Å²) in [4.78, 5) is 0.176. The maximum Gasteiger partial charge on any atom is 0.235 e. The van der Waals surface area contributed by atoms with Crippen LogP contribution in [0.25, 0.3) is 0 Å². The van der Waals surface area contributed by atoms with E-state index >= 15 is 0 Å². The summed E-state index contributed by atoms with van der Waals surface area (Å²) in [5.41, 5.74) is 6.65. The van der Waals surface area contributed by atoms with Crippen molar-refractivity contribution in [2.75, 3.05) is 30.8 Å². The molecule has 0 aliphatic heterocycles. The molecule has 1 aromatic carbocycles. The molecule has 0 aliphatic carbocycles. The van der Waals surface area contributed by atoms with Crippen LogP contribution in [0.2, 0.25) is 0 Å². The second-order valence-corrected chi connectivity index (χ2v) is 6.57. The Morgan fingerprint density at radius 2 is 2.05 bits per heavy atom. The summed E-state index contributed by atoms with van der Waals surface area (Å²) in [5, 5.41) is 0. The molecule has 0 aromatic heterocycles. The molecule has 0 fully saturated rings. The zero-order chi connectivity index (χ0) is 14.5. The third-order valence-electron chi connectivity index (χ3n) is 2.68. The van der Waals surface area contributed by atoms with E-state index in [-0.39, 0.29) is 10.7 Å². The van der Waals surface area contributed by atoms with E-state index in [4.69, 9.17) is 22.7 Å². The summed E-state index contributed by atoms with van der Waals surface area (Å²) in [7, 11) is -0.364. The summed E-state index contributed by atoms with van der Waals surface area (Å²) >= 11 is 4.93. The first kappa shape index (κ1) is 15.9. The van der Waals surface area contributed by atoms with Crippen molar-refractivity contribution in [2.45, 2.75) is 6.42 Å². The summed E-state index contributed by atoms with van der Waals surface area (Å²) in [6.45, 7) is 0.407. The van der Waals surface area contributed by atoms with Gasteiger partial charge >= 0.3 is 0 Å².